The second-order valence-corrected chi connectivity index (χ2v) is 4.45. The summed E-state index contributed by atoms with van der Waals surface area (Å²) in [7, 11) is 0. The molecule has 0 aliphatic carbocycles. The Morgan fingerprint density at radius 3 is 2.11 bits per heavy atom. The number of hydrogen-bond acceptors (Lipinski definition) is 1. The zero-order chi connectivity index (χ0) is 13.6. The third-order valence-electron chi connectivity index (χ3n) is 2.98. The maximum absolute atomic E-state index is 5.86. The molecule has 0 aliphatic rings. The molecule has 1 nitrogen and oxygen atoms in total. The maximum Gasteiger partial charge on any atom is 0.151 e. The summed E-state index contributed by atoms with van der Waals surface area (Å²) >= 11 is 0. The van der Waals surface area contributed by atoms with Gasteiger partial charge in [0.05, 0.1) is 0 Å². The molecule has 0 radical (unpaired) electrons. The van der Waals surface area contributed by atoms with Crippen LogP contribution in [0, 0.1) is 11.8 Å². The summed E-state index contributed by atoms with van der Waals surface area (Å²) in [4.78, 5) is 0. The third-order valence-corrected chi connectivity index (χ3v) is 2.98. The molecule has 0 aliphatic heterocycles. The van der Waals surface area contributed by atoms with Crippen molar-refractivity contribution in [3.8, 4) is 11.8 Å². The van der Waals surface area contributed by atoms with Crippen molar-refractivity contribution in [1.29, 1.82) is 0 Å². The molecule has 1 atom stereocenters. The Morgan fingerprint density at radius 1 is 0.947 bits per heavy atom. The predicted molar refractivity (Wildman–Crippen MR) is 78.7 cm³/mol. The van der Waals surface area contributed by atoms with Gasteiger partial charge in [0, 0.05) is 12.2 Å². The highest BCUT2D eigenvalue weighted by atomic mass is 16.5. The van der Waals surface area contributed by atoms with E-state index in [-0.39, 0.29) is 0 Å². The maximum atomic E-state index is 5.86. The molecular weight excluding hydrogens is 232 g/mol. The minimum Gasteiger partial charge on any atom is -0.359 e. The van der Waals surface area contributed by atoms with E-state index in [2.05, 4.69) is 24.0 Å². The first-order valence-corrected chi connectivity index (χ1v) is 6.52. The van der Waals surface area contributed by atoms with E-state index < -0.39 is 5.60 Å². The van der Waals surface area contributed by atoms with Crippen LogP contribution in [0.25, 0.3) is 0 Å². The molecule has 0 heterocycles. The summed E-state index contributed by atoms with van der Waals surface area (Å²) in [5.74, 6) is 6.45. The van der Waals surface area contributed by atoms with E-state index in [9.17, 15) is 0 Å². The van der Waals surface area contributed by atoms with Gasteiger partial charge in [-0.25, -0.2) is 0 Å². The number of ether oxygens (including phenoxy) is 1. The lowest BCUT2D eigenvalue weighted by molar-refractivity contribution is 0.0184. The van der Waals surface area contributed by atoms with Crippen LogP contribution in [0.15, 0.2) is 60.7 Å². The van der Waals surface area contributed by atoms with Crippen LogP contribution in [0.2, 0.25) is 0 Å². The van der Waals surface area contributed by atoms with E-state index in [4.69, 9.17) is 4.74 Å². The summed E-state index contributed by atoms with van der Waals surface area (Å²) in [6, 6.07) is 20.1. The van der Waals surface area contributed by atoms with Crippen LogP contribution in [0.5, 0.6) is 0 Å². The van der Waals surface area contributed by atoms with E-state index in [1.807, 2.05) is 62.4 Å². The molecule has 0 N–H and O–H groups in total. The molecule has 0 saturated carbocycles. The highest BCUT2D eigenvalue weighted by Crippen LogP contribution is 2.24. The molecule has 2 aromatic rings. The van der Waals surface area contributed by atoms with Crippen LogP contribution in [0.1, 0.15) is 25.0 Å². The monoisotopic (exact) mass is 250 g/mol. The summed E-state index contributed by atoms with van der Waals surface area (Å²) in [5, 5.41) is 0. The molecule has 2 rings (SSSR count). The van der Waals surface area contributed by atoms with E-state index in [0.717, 1.165) is 11.1 Å². The van der Waals surface area contributed by atoms with Crippen molar-refractivity contribution in [2.75, 3.05) is 6.61 Å². The third kappa shape index (κ3) is 3.47. The summed E-state index contributed by atoms with van der Waals surface area (Å²) in [6.45, 7) is 4.64. The van der Waals surface area contributed by atoms with Crippen molar-refractivity contribution < 1.29 is 4.74 Å². The summed E-state index contributed by atoms with van der Waals surface area (Å²) in [6.07, 6.45) is 0. The second kappa shape index (κ2) is 6.22. The SMILES string of the molecule is CCOC(C)(C#Cc1ccccc1)c1ccccc1. The minimum absolute atomic E-state index is 0.564. The van der Waals surface area contributed by atoms with Crippen molar-refractivity contribution in [1.82, 2.24) is 0 Å². The Bertz CT molecular complexity index is 563. The fraction of sp³-hybridized carbons (Fsp3) is 0.222. The Hall–Kier alpha value is -2.04. The Labute approximate surface area is 115 Å². The molecule has 0 aromatic heterocycles. The molecular formula is C18H18O. The molecule has 0 amide bonds. The van der Waals surface area contributed by atoms with Crippen molar-refractivity contribution >= 4 is 0 Å². The van der Waals surface area contributed by atoms with Crippen LogP contribution < -0.4 is 0 Å². The van der Waals surface area contributed by atoms with Gasteiger partial charge in [-0.1, -0.05) is 60.4 Å². The van der Waals surface area contributed by atoms with Crippen molar-refractivity contribution in [2.24, 2.45) is 0 Å². The summed E-state index contributed by atoms with van der Waals surface area (Å²) in [5.41, 5.74) is 1.52. The van der Waals surface area contributed by atoms with Crippen LogP contribution in [0.4, 0.5) is 0 Å². The fourth-order valence-electron chi connectivity index (χ4n) is 1.95. The molecule has 2 aromatic carbocycles. The van der Waals surface area contributed by atoms with Gasteiger partial charge in [0.2, 0.25) is 0 Å². The van der Waals surface area contributed by atoms with E-state index in [0.29, 0.717) is 6.61 Å². The molecule has 19 heavy (non-hydrogen) atoms. The van der Waals surface area contributed by atoms with Gasteiger partial charge in [0.1, 0.15) is 0 Å². The van der Waals surface area contributed by atoms with Gasteiger partial charge in [0.15, 0.2) is 5.60 Å². The minimum atomic E-state index is -0.564. The lowest BCUT2D eigenvalue weighted by Gasteiger charge is -2.24. The van der Waals surface area contributed by atoms with Gasteiger partial charge in [-0.2, -0.15) is 0 Å². The first-order valence-electron chi connectivity index (χ1n) is 6.52. The quantitative estimate of drug-likeness (QED) is 0.748. The zero-order valence-electron chi connectivity index (χ0n) is 11.4. The first kappa shape index (κ1) is 13.4. The van der Waals surface area contributed by atoms with Gasteiger partial charge >= 0.3 is 0 Å². The van der Waals surface area contributed by atoms with Gasteiger partial charge in [0.25, 0.3) is 0 Å². The standard InChI is InChI=1S/C18H18O/c1-3-19-18(2,17-12-8-5-9-13-17)15-14-16-10-6-4-7-11-16/h4-13H,3H2,1-2H3. The Kier molecular flexibility index (Phi) is 4.39. The van der Waals surface area contributed by atoms with Crippen molar-refractivity contribution in [3.05, 3.63) is 71.8 Å². The zero-order valence-corrected chi connectivity index (χ0v) is 11.4. The first-order chi connectivity index (χ1) is 9.24. The van der Waals surface area contributed by atoms with Gasteiger partial charge in [-0.15, -0.1) is 0 Å². The molecule has 0 fully saturated rings. The van der Waals surface area contributed by atoms with Crippen LogP contribution in [-0.4, -0.2) is 6.61 Å². The topological polar surface area (TPSA) is 9.23 Å². The van der Waals surface area contributed by atoms with E-state index in [1.54, 1.807) is 0 Å². The summed E-state index contributed by atoms with van der Waals surface area (Å²) < 4.78 is 5.86. The van der Waals surface area contributed by atoms with Gasteiger partial charge in [-0.3, -0.25) is 0 Å². The molecule has 0 saturated heterocycles. The Balaban J connectivity index is 2.34. The second-order valence-electron chi connectivity index (χ2n) is 4.45. The Morgan fingerprint density at radius 2 is 1.53 bits per heavy atom. The van der Waals surface area contributed by atoms with Crippen LogP contribution in [0.3, 0.4) is 0 Å². The smallest absolute Gasteiger partial charge is 0.151 e. The highest BCUT2D eigenvalue weighted by Gasteiger charge is 2.23. The molecule has 96 valence electrons. The molecule has 1 heteroatoms. The van der Waals surface area contributed by atoms with E-state index in [1.165, 1.54) is 0 Å². The van der Waals surface area contributed by atoms with E-state index >= 15 is 0 Å². The van der Waals surface area contributed by atoms with Gasteiger partial charge < -0.3 is 4.74 Å². The average molecular weight is 250 g/mol. The van der Waals surface area contributed by atoms with Gasteiger partial charge in [-0.05, 0) is 31.5 Å². The molecule has 0 spiro atoms. The van der Waals surface area contributed by atoms with Crippen LogP contribution >= 0.6 is 0 Å². The number of hydrogen-bond donors (Lipinski definition) is 0. The molecule has 0 bridgehead atoms. The largest absolute Gasteiger partial charge is 0.359 e. The van der Waals surface area contributed by atoms with Crippen molar-refractivity contribution in [2.45, 2.75) is 19.4 Å². The highest BCUT2D eigenvalue weighted by molar-refractivity contribution is 5.39. The van der Waals surface area contributed by atoms with Crippen molar-refractivity contribution in [3.63, 3.8) is 0 Å². The normalized spacial score (nSPS) is 13.2. The predicted octanol–water partition coefficient (Wildman–Crippen LogP) is 3.99. The number of benzene rings is 2. The number of rotatable bonds is 3. The lowest BCUT2D eigenvalue weighted by atomic mass is 9.96. The van der Waals surface area contributed by atoms with Crippen LogP contribution in [-0.2, 0) is 10.3 Å². The average Bonchev–Trinajstić information content (AvgIpc) is 2.48. The lowest BCUT2D eigenvalue weighted by Crippen LogP contribution is -2.24. The molecule has 1 unspecified atom stereocenters. The fourth-order valence-corrected chi connectivity index (χ4v) is 1.95.